The summed E-state index contributed by atoms with van der Waals surface area (Å²) in [5.41, 5.74) is 4.77. The molecule has 2 aliphatic rings. The fourth-order valence-electron chi connectivity index (χ4n) is 5.59. The molecule has 0 bridgehead atoms. The Labute approximate surface area is 181 Å². The van der Waals surface area contributed by atoms with Crippen LogP contribution in [-0.2, 0) is 12.8 Å². The standard InChI is InChI=1S/C29H46/c1-3-5-6-7-25-12-14-27(15-13-25)18-19-29-22-20-28(21-23-29)17-16-26-10-8-24(4-2)9-11-26/h12-15,22,24,26,28H,3-11,16-21,23H2,1-2H3. The first-order valence-electron chi connectivity index (χ1n) is 13.0. The molecule has 0 heteroatoms. The van der Waals surface area contributed by atoms with Crippen LogP contribution in [0.4, 0.5) is 0 Å². The van der Waals surface area contributed by atoms with Gasteiger partial charge in [0.2, 0.25) is 0 Å². The van der Waals surface area contributed by atoms with Crippen LogP contribution in [0.15, 0.2) is 35.9 Å². The SMILES string of the molecule is CCCCCc1ccc(CCC2=CCC(CCC3CCC(CC)CC3)CC2)cc1. The lowest BCUT2D eigenvalue weighted by Crippen LogP contribution is -2.15. The summed E-state index contributed by atoms with van der Waals surface area (Å²) in [5.74, 6) is 3.07. The highest BCUT2D eigenvalue weighted by atomic mass is 14.3. The topological polar surface area (TPSA) is 0 Å². The molecular formula is C29H46. The third-order valence-corrected chi connectivity index (χ3v) is 7.97. The van der Waals surface area contributed by atoms with Crippen LogP contribution in [-0.4, -0.2) is 0 Å². The lowest BCUT2D eigenvalue weighted by Gasteiger charge is -2.29. The van der Waals surface area contributed by atoms with Crippen LogP contribution in [0.1, 0.15) is 115 Å². The molecule has 0 nitrogen and oxygen atoms in total. The monoisotopic (exact) mass is 394 g/mol. The second-order valence-corrected chi connectivity index (χ2v) is 10.1. The molecule has 1 unspecified atom stereocenters. The lowest BCUT2D eigenvalue weighted by molar-refractivity contribution is 0.241. The quantitative estimate of drug-likeness (QED) is 0.259. The minimum atomic E-state index is 0.977. The number of unbranched alkanes of at least 4 members (excludes halogenated alkanes) is 2. The fourth-order valence-corrected chi connectivity index (χ4v) is 5.59. The first-order valence-corrected chi connectivity index (χ1v) is 13.0. The molecular weight excluding hydrogens is 348 g/mol. The zero-order valence-corrected chi connectivity index (χ0v) is 19.4. The van der Waals surface area contributed by atoms with Crippen molar-refractivity contribution in [1.29, 1.82) is 0 Å². The van der Waals surface area contributed by atoms with Crippen LogP contribution in [0, 0.1) is 17.8 Å². The Kier molecular flexibility index (Phi) is 9.84. The van der Waals surface area contributed by atoms with Gasteiger partial charge >= 0.3 is 0 Å². The van der Waals surface area contributed by atoms with E-state index >= 15 is 0 Å². The number of hydrogen-bond acceptors (Lipinski definition) is 0. The van der Waals surface area contributed by atoms with Crippen molar-refractivity contribution in [3.05, 3.63) is 47.0 Å². The van der Waals surface area contributed by atoms with E-state index in [1.54, 1.807) is 5.57 Å². The summed E-state index contributed by atoms with van der Waals surface area (Å²) >= 11 is 0. The maximum absolute atomic E-state index is 2.61. The molecule has 1 saturated carbocycles. The summed E-state index contributed by atoms with van der Waals surface area (Å²) < 4.78 is 0. The summed E-state index contributed by atoms with van der Waals surface area (Å²) in [5, 5.41) is 0. The van der Waals surface area contributed by atoms with Crippen molar-refractivity contribution in [2.45, 2.75) is 117 Å². The molecule has 1 aromatic carbocycles. The number of rotatable bonds is 11. The zero-order valence-electron chi connectivity index (χ0n) is 19.4. The Balaban J connectivity index is 1.31. The average Bonchev–Trinajstić information content (AvgIpc) is 2.78. The van der Waals surface area contributed by atoms with E-state index in [-0.39, 0.29) is 0 Å². The van der Waals surface area contributed by atoms with Gasteiger partial charge in [0.1, 0.15) is 0 Å². The summed E-state index contributed by atoms with van der Waals surface area (Å²) in [6, 6.07) is 9.48. The normalized spacial score (nSPS) is 25.0. The van der Waals surface area contributed by atoms with Gasteiger partial charge < -0.3 is 0 Å². The van der Waals surface area contributed by atoms with E-state index in [0.717, 1.165) is 17.8 Å². The number of hydrogen-bond donors (Lipinski definition) is 0. The van der Waals surface area contributed by atoms with Gasteiger partial charge in [0.15, 0.2) is 0 Å². The predicted octanol–water partition coefficient (Wildman–Crippen LogP) is 9.08. The molecule has 29 heavy (non-hydrogen) atoms. The van der Waals surface area contributed by atoms with Gasteiger partial charge in [-0.05, 0) is 80.2 Å². The Hall–Kier alpha value is -1.04. The second-order valence-electron chi connectivity index (χ2n) is 10.1. The molecule has 0 aromatic heterocycles. The zero-order chi connectivity index (χ0) is 20.3. The lowest BCUT2D eigenvalue weighted by atomic mass is 9.76. The Morgan fingerprint density at radius 2 is 1.34 bits per heavy atom. The van der Waals surface area contributed by atoms with E-state index in [1.165, 1.54) is 114 Å². The van der Waals surface area contributed by atoms with Crippen LogP contribution in [0.25, 0.3) is 0 Å². The third kappa shape index (κ3) is 7.95. The summed E-state index contributed by atoms with van der Waals surface area (Å²) in [6.45, 7) is 4.66. The smallest absolute Gasteiger partial charge is 0.0241 e. The maximum Gasteiger partial charge on any atom is -0.0241 e. The molecule has 0 heterocycles. The molecule has 0 radical (unpaired) electrons. The highest BCUT2D eigenvalue weighted by Crippen LogP contribution is 2.36. The van der Waals surface area contributed by atoms with Crippen LogP contribution < -0.4 is 0 Å². The van der Waals surface area contributed by atoms with Gasteiger partial charge in [0.05, 0.1) is 0 Å². The van der Waals surface area contributed by atoms with Crippen molar-refractivity contribution in [2.75, 3.05) is 0 Å². The molecule has 1 aromatic rings. The van der Waals surface area contributed by atoms with E-state index in [9.17, 15) is 0 Å². The number of allylic oxidation sites excluding steroid dienone is 2. The second kappa shape index (κ2) is 12.6. The molecule has 1 fully saturated rings. The predicted molar refractivity (Wildman–Crippen MR) is 128 cm³/mol. The van der Waals surface area contributed by atoms with E-state index in [4.69, 9.17) is 0 Å². The van der Waals surface area contributed by atoms with Crippen molar-refractivity contribution in [3.63, 3.8) is 0 Å². The first-order chi connectivity index (χ1) is 14.3. The van der Waals surface area contributed by atoms with Crippen molar-refractivity contribution in [2.24, 2.45) is 17.8 Å². The highest BCUT2D eigenvalue weighted by molar-refractivity contribution is 5.23. The molecule has 0 saturated heterocycles. The molecule has 0 aliphatic heterocycles. The molecule has 1 atom stereocenters. The van der Waals surface area contributed by atoms with Crippen molar-refractivity contribution >= 4 is 0 Å². The van der Waals surface area contributed by atoms with E-state index in [0.29, 0.717) is 0 Å². The van der Waals surface area contributed by atoms with Gasteiger partial charge in [0.25, 0.3) is 0 Å². The Bertz CT molecular complexity index is 585. The van der Waals surface area contributed by atoms with Gasteiger partial charge in [-0.25, -0.2) is 0 Å². The van der Waals surface area contributed by atoms with E-state index in [1.807, 2.05) is 0 Å². The molecule has 0 amide bonds. The van der Waals surface area contributed by atoms with Gasteiger partial charge in [0, 0.05) is 0 Å². The average molecular weight is 395 g/mol. The van der Waals surface area contributed by atoms with Gasteiger partial charge in [-0.1, -0.05) is 101 Å². The van der Waals surface area contributed by atoms with Crippen LogP contribution >= 0.6 is 0 Å². The van der Waals surface area contributed by atoms with Gasteiger partial charge in [-0.3, -0.25) is 0 Å². The summed E-state index contributed by atoms with van der Waals surface area (Å²) in [6.07, 6.45) is 25.0. The highest BCUT2D eigenvalue weighted by Gasteiger charge is 2.21. The van der Waals surface area contributed by atoms with E-state index < -0.39 is 0 Å². The van der Waals surface area contributed by atoms with Crippen molar-refractivity contribution in [3.8, 4) is 0 Å². The van der Waals surface area contributed by atoms with Crippen LogP contribution in [0.3, 0.4) is 0 Å². The van der Waals surface area contributed by atoms with Crippen molar-refractivity contribution < 1.29 is 0 Å². The largest absolute Gasteiger partial charge is 0.0850 e. The molecule has 0 N–H and O–H groups in total. The van der Waals surface area contributed by atoms with Crippen LogP contribution in [0.5, 0.6) is 0 Å². The summed E-state index contributed by atoms with van der Waals surface area (Å²) in [7, 11) is 0. The number of aryl methyl sites for hydroxylation is 2. The van der Waals surface area contributed by atoms with Crippen molar-refractivity contribution in [1.82, 2.24) is 0 Å². The molecule has 162 valence electrons. The minimum Gasteiger partial charge on any atom is -0.0850 e. The summed E-state index contributed by atoms with van der Waals surface area (Å²) in [4.78, 5) is 0. The van der Waals surface area contributed by atoms with Gasteiger partial charge in [-0.15, -0.1) is 0 Å². The fraction of sp³-hybridized carbons (Fsp3) is 0.724. The van der Waals surface area contributed by atoms with Crippen LogP contribution in [0.2, 0.25) is 0 Å². The van der Waals surface area contributed by atoms with E-state index in [2.05, 4.69) is 44.2 Å². The maximum atomic E-state index is 2.61. The Morgan fingerprint density at radius 3 is 1.97 bits per heavy atom. The molecule has 2 aliphatic carbocycles. The minimum absolute atomic E-state index is 0.977. The number of benzene rings is 1. The molecule has 0 spiro atoms. The third-order valence-electron chi connectivity index (χ3n) is 7.97. The molecule has 3 rings (SSSR count). The Morgan fingerprint density at radius 1 is 0.690 bits per heavy atom. The first kappa shape index (κ1) is 22.6. The van der Waals surface area contributed by atoms with Gasteiger partial charge in [-0.2, -0.15) is 0 Å².